The Hall–Kier alpha value is -0.0800. The molecule has 0 aliphatic carbocycles. The van der Waals surface area contributed by atoms with Crippen LogP contribution in [0.2, 0.25) is 0 Å². The van der Waals surface area contributed by atoms with Crippen LogP contribution in [0.3, 0.4) is 0 Å². The number of ether oxygens (including phenoxy) is 2. The number of hydrogen-bond acceptors (Lipinski definition) is 2. The fourth-order valence-electron chi connectivity index (χ4n) is 1.57. The molecule has 0 aliphatic heterocycles. The zero-order valence-corrected chi connectivity index (χ0v) is 13.3. The number of rotatable bonds is 12. The van der Waals surface area contributed by atoms with Crippen LogP contribution in [0.15, 0.2) is 0 Å². The molecule has 0 N–H and O–H groups in total. The highest BCUT2D eigenvalue weighted by Gasteiger charge is 1.90. The summed E-state index contributed by atoms with van der Waals surface area (Å²) in [7, 11) is 0. The van der Waals surface area contributed by atoms with E-state index in [1.165, 1.54) is 51.4 Å². The van der Waals surface area contributed by atoms with Crippen LogP contribution in [-0.2, 0) is 9.47 Å². The molecule has 2 nitrogen and oxygen atoms in total. The van der Waals surface area contributed by atoms with E-state index in [9.17, 15) is 0 Å². The summed E-state index contributed by atoms with van der Waals surface area (Å²) in [5, 5.41) is 0. The zero-order chi connectivity index (χ0) is 13.9. The highest BCUT2D eigenvalue weighted by Crippen LogP contribution is 2.01. The molecule has 0 amide bonds. The molecule has 0 aromatic carbocycles. The third kappa shape index (κ3) is 24.9. The van der Waals surface area contributed by atoms with Crippen LogP contribution in [-0.4, -0.2) is 26.4 Å². The Morgan fingerprint density at radius 3 is 1.22 bits per heavy atom. The quantitative estimate of drug-likeness (QED) is 0.449. The van der Waals surface area contributed by atoms with Crippen molar-refractivity contribution < 1.29 is 9.47 Å². The van der Waals surface area contributed by atoms with E-state index in [-0.39, 0.29) is 0 Å². The fraction of sp³-hybridized carbons (Fsp3) is 1.00. The molecule has 0 bridgehead atoms. The van der Waals surface area contributed by atoms with Crippen LogP contribution < -0.4 is 0 Å². The van der Waals surface area contributed by atoms with E-state index < -0.39 is 0 Å². The highest BCUT2D eigenvalue weighted by atomic mass is 16.5. The monoisotopic (exact) mass is 260 g/mol. The second kappa shape index (κ2) is 22.1. The molecule has 0 aliphatic rings. The maximum Gasteiger partial charge on any atom is 0.0466 e. The van der Waals surface area contributed by atoms with E-state index in [0.717, 1.165) is 26.4 Å². The van der Waals surface area contributed by atoms with Crippen LogP contribution >= 0.6 is 0 Å². The second-order valence-corrected chi connectivity index (χ2v) is 4.52. The molecule has 0 unspecified atom stereocenters. The summed E-state index contributed by atoms with van der Waals surface area (Å²) in [6, 6.07) is 0. The molecule has 0 saturated heterocycles. The lowest BCUT2D eigenvalue weighted by molar-refractivity contribution is 0.126. The van der Waals surface area contributed by atoms with Crippen molar-refractivity contribution in [1.29, 1.82) is 0 Å². The number of hydrogen-bond donors (Lipinski definition) is 0. The minimum Gasteiger partial charge on any atom is -0.382 e. The van der Waals surface area contributed by atoms with Crippen LogP contribution in [0.5, 0.6) is 0 Å². The van der Waals surface area contributed by atoms with Gasteiger partial charge in [0, 0.05) is 26.4 Å². The molecule has 0 aromatic rings. The maximum atomic E-state index is 5.53. The van der Waals surface area contributed by atoms with E-state index in [4.69, 9.17) is 9.47 Å². The van der Waals surface area contributed by atoms with E-state index in [1.54, 1.807) is 0 Å². The van der Waals surface area contributed by atoms with E-state index in [0.29, 0.717) is 0 Å². The summed E-state index contributed by atoms with van der Waals surface area (Å²) in [5.41, 5.74) is 0. The molecule has 0 heterocycles. The smallest absolute Gasteiger partial charge is 0.0466 e. The molecule has 0 fully saturated rings. The lowest BCUT2D eigenvalue weighted by atomic mass is 10.2. The van der Waals surface area contributed by atoms with Crippen LogP contribution in [0.25, 0.3) is 0 Å². The summed E-state index contributed by atoms with van der Waals surface area (Å²) in [6.07, 6.45) is 10.5. The Morgan fingerprint density at radius 1 is 0.500 bits per heavy atom. The largest absolute Gasteiger partial charge is 0.382 e. The average molecular weight is 260 g/mol. The van der Waals surface area contributed by atoms with Gasteiger partial charge in [-0.05, 0) is 26.7 Å². The van der Waals surface area contributed by atoms with Gasteiger partial charge in [0.2, 0.25) is 0 Å². The van der Waals surface area contributed by atoms with Gasteiger partial charge in [-0.1, -0.05) is 52.4 Å². The summed E-state index contributed by atoms with van der Waals surface area (Å²) in [5.74, 6) is 0. The predicted octanol–water partition coefficient (Wildman–Crippen LogP) is 5.21. The Morgan fingerprint density at radius 2 is 0.944 bits per heavy atom. The van der Waals surface area contributed by atoms with Gasteiger partial charge in [0.1, 0.15) is 0 Å². The minimum absolute atomic E-state index is 0.844. The highest BCUT2D eigenvalue weighted by molar-refractivity contribution is 4.41. The predicted molar refractivity (Wildman–Crippen MR) is 81.3 cm³/mol. The van der Waals surface area contributed by atoms with Crippen molar-refractivity contribution in [1.82, 2.24) is 0 Å². The number of unbranched alkanes of at least 4 members (excludes halogenated alkanes) is 6. The molecule has 0 rings (SSSR count). The normalized spacial score (nSPS) is 10.0. The minimum atomic E-state index is 0.844. The first-order valence-electron chi connectivity index (χ1n) is 7.98. The lowest BCUT2D eigenvalue weighted by Gasteiger charge is -2.03. The van der Waals surface area contributed by atoms with Crippen LogP contribution in [0, 0.1) is 0 Å². The van der Waals surface area contributed by atoms with Gasteiger partial charge in [-0.3, -0.25) is 0 Å². The van der Waals surface area contributed by atoms with Gasteiger partial charge in [0.15, 0.2) is 0 Å². The Kier molecular flexibility index (Phi) is 24.9. The second-order valence-electron chi connectivity index (χ2n) is 4.52. The van der Waals surface area contributed by atoms with Gasteiger partial charge in [0.05, 0.1) is 0 Å². The molecule has 0 saturated carbocycles. The lowest BCUT2D eigenvalue weighted by Crippen LogP contribution is -1.96. The third-order valence-corrected chi connectivity index (χ3v) is 2.69. The van der Waals surface area contributed by atoms with Gasteiger partial charge in [-0.2, -0.15) is 0 Å². The van der Waals surface area contributed by atoms with Crippen molar-refractivity contribution in [2.75, 3.05) is 26.4 Å². The van der Waals surface area contributed by atoms with Crippen LogP contribution in [0.4, 0.5) is 0 Å². The van der Waals surface area contributed by atoms with Crippen molar-refractivity contribution in [2.45, 2.75) is 79.1 Å². The van der Waals surface area contributed by atoms with Crippen LogP contribution in [0.1, 0.15) is 79.1 Å². The van der Waals surface area contributed by atoms with Gasteiger partial charge in [-0.15, -0.1) is 0 Å². The molecule has 0 radical (unpaired) electrons. The van der Waals surface area contributed by atoms with Gasteiger partial charge in [0.25, 0.3) is 0 Å². The van der Waals surface area contributed by atoms with Gasteiger partial charge >= 0.3 is 0 Å². The van der Waals surface area contributed by atoms with E-state index in [1.807, 2.05) is 13.8 Å². The van der Waals surface area contributed by atoms with E-state index >= 15 is 0 Å². The molecule has 0 atom stereocenters. The summed E-state index contributed by atoms with van der Waals surface area (Å²) in [6.45, 7) is 12.1. The molecule has 2 heteroatoms. The Balaban J connectivity index is 0. The van der Waals surface area contributed by atoms with Gasteiger partial charge < -0.3 is 9.47 Å². The molecule has 18 heavy (non-hydrogen) atoms. The molecule has 112 valence electrons. The van der Waals surface area contributed by atoms with Crippen molar-refractivity contribution in [3.8, 4) is 0 Å². The molecular weight excluding hydrogens is 224 g/mol. The van der Waals surface area contributed by atoms with Gasteiger partial charge in [-0.25, -0.2) is 0 Å². The summed E-state index contributed by atoms with van der Waals surface area (Å²) < 4.78 is 10.4. The fourth-order valence-corrected chi connectivity index (χ4v) is 1.57. The first kappa shape index (κ1) is 20.2. The Labute approximate surface area is 115 Å². The topological polar surface area (TPSA) is 18.5 Å². The first-order valence-corrected chi connectivity index (χ1v) is 7.98. The van der Waals surface area contributed by atoms with Crippen molar-refractivity contribution in [3.63, 3.8) is 0 Å². The zero-order valence-electron chi connectivity index (χ0n) is 13.3. The van der Waals surface area contributed by atoms with Crippen molar-refractivity contribution in [2.24, 2.45) is 0 Å². The Bertz CT molecular complexity index is 104. The standard InChI is InChI=1S/C12H26O.C4H10O/c1-3-5-7-9-11-13-12-10-8-6-4-2;1-3-5-4-2/h3-12H2,1-2H3;3-4H2,1-2H3. The van der Waals surface area contributed by atoms with Crippen molar-refractivity contribution >= 4 is 0 Å². The van der Waals surface area contributed by atoms with Crippen molar-refractivity contribution in [3.05, 3.63) is 0 Å². The third-order valence-electron chi connectivity index (χ3n) is 2.69. The first-order chi connectivity index (χ1) is 8.83. The SMILES string of the molecule is CCCCCCOCCCCCC.CCOCC. The van der Waals surface area contributed by atoms with E-state index in [2.05, 4.69) is 13.8 Å². The summed E-state index contributed by atoms with van der Waals surface area (Å²) >= 11 is 0. The molecular formula is C16H36O2. The molecule has 0 spiro atoms. The molecule has 0 aromatic heterocycles. The maximum absolute atomic E-state index is 5.53. The average Bonchev–Trinajstić information content (AvgIpc) is 2.39. The summed E-state index contributed by atoms with van der Waals surface area (Å²) in [4.78, 5) is 0.